The highest BCUT2D eigenvalue weighted by Crippen LogP contribution is 2.27. The molecule has 0 saturated carbocycles. The fourth-order valence-corrected chi connectivity index (χ4v) is 2.42. The van der Waals surface area contributed by atoms with E-state index in [0.717, 1.165) is 12.5 Å². The number of benzene rings is 1. The first-order chi connectivity index (χ1) is 11.1. The molecule has 4 N–H and O–H groups in total. The Bertz CT molecular complexity index is 703. The van der Waals surface area contributed by atoms with Crippen molar-refractivity contribution < 1.29 is 18.1 Å². The molecule has 1 aromatic carbocycles. The molecule has 1 amide bonds. The van der Waals surface area contributed by atoms with E-state index in [1.807, 2.05) is 0 Å². The number of carbonyl (C=O) groups is 1. The van der Waals surface area contributed by atoms with E-state index in [9.17, 15) is 23.3 Å². The van der Waals surface area contributed by atoms with Crippen molar-refractivity contribution in [1.29, 1.82) is 0 Å². The van der Waals surface area contributed by atoms with Crippen LogP contribution in [0.4, 0.5) is 11.4 Å². The number of rotatable bonds is 9. The summed E-state index contributed by atoms with van der Waals surface area (Å²) in [6.07, 6.45) is 1.02. The summed E-state index contributed by atoms with van der Waals surface area (Å²) < 4.78 is 22.5. The number of nitrogens with two attached hydrogens (primary N) is 1. The van der Waals surface area contributed by atoms with Crippen molar-refractivity contribution >= 4 is 27.3 Å². The first-order valence-corrected chi connectivity index (χ1v) is 8.97. The molecule has 0 aliphatic heterocycles. The van der Waals surface area contributed by atoms with E-state index in [4.69, 9.17) is 5.14 Å². The summed E-state index contributed by atoms with van der Waals surface area (Å²) >= 11 is 0. The fourth-order valence-electron chi connectivity index (χ4n) is 1.89. The molecule has 1 rings (SSSR count). The van der Waals surface area contributed by atoms with Crippen LogP contribution in [-0.2, 0) is 14.8 Å². The monoisotopic (exact) mass is 358 g/mol. The maximum Gasteiger partial charge on any atom is 0.293 e. The minimum absolute atomic E-state index is 0.127. The Kier molecular flexibility index (Phi) is 7.11. The smallest absolute Gasteiger partial charge is 0.293 e. The van der Waals surface area contributed by atoms with Crippen molar-refractivity contribution in [2.24, 2.45) is 11.1 Å². The summed E-state index contributed by atoms with van der Waals surface area (Å²) in [5.74, 6) is 0.329. The van der Waals surface area contributed by atoms with Gasteiger partial charge in [0.2, 0.25) is 15.9 Å². The second kappa shape index (κ2) is 8.60. The van der Waals surface area contributed by atoms with Gasteiger partial charge >= 0.3 is 0 Å². The van der Waals surface area contributed by atoms with Crippen molar-refractivity contribution in [3.05, 3.63) is 28.3 Å². The quantitative estimate of drug-likeness (QED) is 0.447. The van der Waals surface area contributed by atoms with Crippen molar-refractivity contribution in [3.63, 3.8) is 0 Å². The van der Waals surface area contributed by atoms with Crippen LogP contribution in [0.15, 0.2) is 23.1 Å². The Balaban J connectivity index is 2.65. The molecule has 0 aromatic heterocycles. The van der Waals surface area contributed by atoms with Crippen molar-refractivity contribution in [1.82, 2.24) is 5.32 Å². The molecule has 0 spiro atoms. The van der Waals surface area contributed by atoms with E-state index in [1.54, 1.807) is 0 Å². The molecule has 0 saturated heterocycles. The number of nitrogens with zero attached hydrogens (tertiary/aromatic N) is 1. The summed E-state index contributed by atoms with van der Waals surface area (Å²) in [6, 6.07) is 3.32. The van der Waals surface area contributed by atoms with E-state index in [1.165, 1.54) is 12.1 Å². The number of nitro groups is 1. The summed E-state index contributed by atoms with van der Waals surface area (Å²) in [6.45, 7) is 4.87. The first-order valence-electron chi connectivity index (χ1n) is 7.43. The van der Waals surface area contributed by atoms with Gasteiger partial charge in [-0.2, -0.15) is 0 Å². The summed E-state index contributed by atoms with van der Waals surface area (Å²) in [5, 5.41) is 21.5. The Morgan fingerprint density at radius 1 is 1.33 bits per heavy atom. The second-order valence-corrected chi connectivity index (χ2v) is 7.25. The zero-order valence-corrected chi connectivity index (χ0v) is 14.4. The van der Waals surface area contributed by atoms with Gasteiger partial charge in [-0.1, -0.05) is 13.8 Å². The molecule has 1 aromatic rings. The molecular formula is C14H22N4O5S. The summed E-state index contributed by atoms with van der Waals surface area (Å²) in [4.78, 5) is 21.6. The van der Waals surface area contributed by atoms with Gasteiger partial charge in [0.15, 0.2) is 0 Å². The van der Waals surface area contributed by atoms with Crippen molar-refractivity contribution in [2.45, 2.75) is 31.6 Å². The van der Waals surface area contributed by atoms with Gasteiger partial charge < -0.3 is 10.6 Å². The lowest BCUT2D eigenvalue weighted by Crippen LogP contribution is -2.27. The second-order valence-electron chi connectivity index (χ2n) is 5.69. The topological polar surface area (TPSA) is 144 Å². The highest BCUT2D eigenvalue weighted by Gasteiger charge is 2.19. The number of anilines is 1. The van der Waals surface area contributed by atoms with Crippen LogP contribution in [0.3, 0.4) is 0 Å². The van der Waals surface area contributed by atoms with Crippen LogP contribution >= 0.6 is 0 Å². The highest BCUT2D eigenvalue weighted by atomic mass is 32.2. The minimum Gasteiger partial charge on any atom is -0.379 e. The van der Waals surface area contributed by atoms with Crippen LogP contribution < -0.4 is 15.8 Å². The van der Waals surface area contributed by atoms with Gasteiger partial charge in [0.05, 0.1) is 9.82 Å². The van der Waals surface area contributed by atoms with Gasteiger partial charge in [0.25, 0.3) is 5.69 Å². The van der Waals surface area contributed by atoms with Gasteiger partial charge in [-0.05, 0) is 24.5 Å². The number of sulfonamides is 1. The third kappa shape index (κ3) is 6.50. The molecule has 134 valence electrons. The van der Waals surface area contributed by atoms with Gasteiger partial charge in [-0.15, -0.1) is 0 Å². The number of primary sulfonamides is 1. The summed E-state index contributed by atoms with van der Waals surface area (Å²) in [7, 11) is -4.02. The van der Waals surface area contributed by atoms with Crippen molar-refractivity contribution in [2.75, 3.05) is 18.4 Å². The Labute approximate surface area is 140 Å². The first kappa shape index (κ1) is 19.8. The van der Waals surface area contributed by atoms with E-state index in [-0.39, 0.29) is 29.5 Å². The molecule has 0 aliphatic rings. The average Bonchev–Trinajstić information content (AvgIpc) is 2.45. The van der Waals surface area contributed by atoms with Gasteiger partial charge in [-0.3, -0.25) is 14.9 Å². The van der Waals surface area contributed by atoms with E-state index >= 15 is 0 Å². The van der Waals surface area contributed by atoms with Crippen LogP contribution in [0, 0.1) is 16.0 Å². The maximum absolute atomic E-state index is 11.6. The molecule has 0 heterocycles. The van der Waals surface area contributed by atoms with Gasteiger partial charge in [0.1, 0.15) is 5.69 Å². The van der Waals surface area contributed by atoms with Crippen molar-refractivity contribution in [3.8, 4) is 0 Å². The molecule has 0 atom stereocenters. The number of hydrogen-bond donors (Lipinski definition) is 3. The number of nitro benzene ring substituents is 1. The molecule has 9 nitrogen and oxygen atoms in total. The number of nitrogens with one attached hydrogen (secondary N) is 2. The van der Waals surface area contributed by atoms with Crippen LogP contribution in [-0.4, -0.2) is 32.3 Å². The van der Waals surface area contributed by atoms with Gasteiger partial charge in [0, 0.05) is 25.6 Å². The van der Waals surface area contributed by atoms with Crippen LogP contribution in [0.1, 0.15) is 26.7 Å². The molecule has 24 heavy (non-hydrogen) atoms. The largest absolute Gasteiger partial charge is 0.379 e. The Hall–Kier alpha value is -2.20. The number of amides is 1. The van der Waals surface area contributed by atoms with E-state index in [0.29, 0.717) is 12.5 Å². The molecule has 0 radical (unpaired) electrons. The van der Waals surface area contributed by atoms with E-state index in [2.05, 4.69) is 24.5 Å². The number of hydrogen-bond acceptors (Lipinski definition) is 6. The molecular weight excluding hydrogens is 336 g/mol. The summed E-state index contributed by atoms with van der Waals surface area (Å²) in [5.41, 5.74) is -0.288. The third-order valence-electron chi connectivity index (χ3n) is 3.21. The Morgan fingerprint density at radius 3 is 2.54 bits per heavy atom. The average molecular weight is 358 g/mol. The number of carbonyl (C=O) groups excluding carboxylic acids is 1. The maximum atomic E-state index is 11.6. The molecule has 0 unspecified atom stereocenters. The van der Waals surface area contributed by atoms with Gasteiger partial charge in [-0.25, -0.2) is 13.6 Å². The lowest BCUT2D eigenvalue weighted by atomic mass is 10.1. The third-order valence-corrected chi connectivity index (χ3v) is 4.12. The molecule has 0 aliphatic carbocycles. The standard InChI is InChI=1S/C14H22N4O5S/c1-10(2)5-7-17-14(19)6-8-16-12-4-3-11(24(15,22)23)9-13(12)18(20)21/h3-4,9-10,16H,5-8H2,1-2H3,(H,17,19)(H2,15,22,23). The SMILES string of the molecule is CC(C)CCNC(=O)CCNc1ccc(S(N)(=O)=O)cc1[N+](=O)[O-]. The minimum atomic E-state index is -4.02. The lowest BCUT2D eigenvalue weighted by molar-refractivity contribution is -0.384. The molecule has 0 bridgehead atoms. The highest BCUT2D eigenvalue weighted by molar-refractivity contribution is 7.89. The lowest BCUT2D eigenvalue weighted by Gasteiger charge is -2.09. The van der Waals surface area contributed by atoms with Crippen LogP contribution in [0.5, 0.6) is 0 Å². The normalized spacial score (nSPS) is 11.3. The van der Waals surface area contributed by atoms with Crippen LogP contribution in [0.2, 0.25) is 0 Å². The zero-order valence-electron chi connectivity index (χ0n) is 13.6. The van der Waals surface area contributed by atoms with Crippen LogP contribution in [0.25, 0.3) is 0 Å². The zero-order chi connectivity index (χ0) is 18.3. The predicted molar refractivity (Wildman–Crippen MR) is 90.0 cm³/mol. The fraction of sp³-hybridized carbons (Fsp3) is 0.500. The molecule has 10 heteroatoms. The molecule has 0 fully saturated rings. The predicted octanol–water partition coefficient (Wildman–Crippen LogP) is 1.21. The van der Waals surface area contributed by atoms with E-state index < -0.39 is 20.6 Å². The Morgan fingerprint density at radius 2 is 2.00 bits per heavy atom.